The van der Waals surface area contributed by atoms with Gasteiger partial charge in [-0.1, -0.05) is 34.1 Å². The lowest BCUT2D eigenvalue weighted by molar-refractivity contribution is 0.0994. The zero-order valence-corrected chi connectivity index (χ0v) is 11.0. The van der Waals surface area contributed by atoms with Gasteiger partial charge in [-0.3, -0.25) is 9.59 Å². The van der Waals surface area contributed by atoms with Crippen molar-refractivity contribution in [1.29, 1.82) is 0 Å². The van der Waals surface area contributed by atoms with Crippen LogP contribution in [0, 0.1) is 0 Å². The molecular formula is C15H9BrO2. The molecule has 1 aliphatic carbocycles. The molecule has 88 valence electrons. The molecule has 1 aliphatic rings. The molecule has 18 heavy (non-hydrogen) atoms. The molecule has 2 aromatic rings. The Labute approximate surface area is 112 Å². The van der Waals surface area contributed by atoms with Gasteiger partial charge in [-0.25, -0.2) is 0 Å². The van der Waals surface area contributed by atoms with Gasteiger partial charge in [-0.05, 0) is 40.6 Å². The maximum atomic E-state index is 11.8. The fourth-order valence-electron chi connectivity index (χ4n) is 2.25. The van der Waals surface area contributed by atoms with E-state index in [4.69, 9.17) is 0 Å². The molecule has 3 rings (SSSR count). The Hall–Kier alpha value is -1.74. The molecule has 0 bridgehead atoms. The minimum absolute atomic E-state index is 0.101. The average Bonchev–Trinajstić information content (AvgIpc) is 2.41. The second-order valence-electron chi connectivity index (χ2n) is 4.23. The van der Waals surface area contributed by atoms with Crippen LogP contribution in [0.25, 0.3) is 10.8 Å². The fraction of sp³-hybridized carbons (Fsp3) is 0.0667. The number of carbonyl (C=O) groups excluding carboxylic acids is 2. The van der Waals surface area contributed by atoms with Crippen molar-refractivity contribution in [1.82, 2.24) is 0 Å². The zero-order chi connectivity index (χ0) is 12.7. The van der Waals surface area contributed by atoms with E-state index in [-0.39, 0.29) is 11.6 Å². The first-order valence-corrected chi connectivity index (χ1v) is 6.71. The van der Waals surface area contributed by atoms with Crippen LogP contribution >= 0.6 is 15.9 Å². The minimum Gasteiger partial charge on any atom is -0.289 e. The highest BCUT2D eigenvalue weighted by Gasteiger charge is 2.20. The molecule has 0 saturated carbocycles. The predicted octanol–water partition coefficient (Wildman–Crippen LogP) is 3.67. The van der Waals surface area contributed by atoms with Gasteiger partial charge >= 0.3 is 0 Å². The molecule has 3 heteroatoms. The minimum atomic E-state index is -0.101. The van der Waals surface area contributed by atoms with Crippen LogP contribution in [-0.2, 0) is 5.33 Å². The number of carbonyl (C=O) groups is 2. The Morgan fingerprint density at radius 2 is 1.61 bits per heavy atom. The average molecular weight is 301 g/mol. The molecule has 0 saturated heterocycles. The lowest BCUT2D eigenvalue weighted by atomic mass is 9.90. The molecule has 0 spiro atoms. The van der Waals surface area contributed by atoms with Crippen molar-refractivity contribution in [3.63, 3.8) is 0 Å². The van der Waals surface area contributed by atoms with E-state index in [1.807, 2.05) is 24.3 Å². The summed E-state index contributed by atoms with van der Waals surface area (Å²) in [5.74, 6) is -0.202. The number of ketones is 2. The summed E-state index contributed by atoms with van der Waals surface area (Å²) < 4.78 is 0. The van der Waals surface area contributed by atoms with E-state index in [9.17, 15) is 9.59 Å². The first-order chi connectivity index (χ1) is 8.70. The smallest absolute Gasteiger partial charge is 0.186 e. The number of halogens is 1. The van der Waals surface area contributed by atoms with Gasteiger partial charge in [-0.2, -0.15) is 0 Å². The van der Waals surface area contributed by atoms with Crippen molar-refractivity contribution in [2.45, 2.75) is 5.33 Å². The molecule has 0 heterocycles. The predicted molar refractivity (Wildman–Crippen MR) is 74.4 cm³/mol. The molecule has 0 N–H and O–H groups in total. The Bertz CT molecular complexity index is 714. The van der Waals surface area contributed by atoms with Gasteiger partial charge < -0.3 is 0 Å². The summed E-state index contributed by atoms with van der Waals surface area (Å²) in [4.78, 5) is 23.6. The summed E-state index contributed by atoms with van der Waals surface area (Å²) in [6.07, 6.45) is 2.68. The number of fused-ring (bicyclic) bond motifs is 2. The quantitative estimate of drug-likeness (QED) is 0.753. The maximum absolute atomic E-state index is 11.8. The summed E-state index contributed by atoms with van der Waals surface area (Å²) in [7, 11) is 0. The van der Waals surface area contributed by atoms with E-state index in [0.29, 0.717) is 11.1 Å². The van der Waals surface area contributed by atoms with E-state index >= 15 is 0 Å². The van der Waals surface area contributed by atoms with Gasteiger partial charge in [0.2, 0.25) is 0 Å². The third-order valence-electron chi connectivity index (χ3n) is 3.17. The third-order valence-corrected chi connectivity index (χ3v) is 3.77. The molecule has 2 nitrogen and oxygen atoms in total. The van der Waals surface area contributed by atoms with Crippen LogP contribution in [-0.4, -0.2) is 11.6 Å². The van der Waals surface area contributed by atoms with Crippen molar-refractivity contribution >= 4 is 38.3 Å². The Morgan fingerprint density at radius 1 is 0.944 bits per heavy atom. The normalized spacial score (nSPS) is 14.1. The van der Waals surface area contributed by atoms with Crippen LogP contribution in [0.2, 0.25) is 0 Å². The van der Waals surface area contributed by atoms with Gasteiger partial charge in [0.1, 0.15) is 0 Å². The molecule has 0 aliphatic heterocycles. The Morgan fingerprint density at radius 3 is 2.28 bits per heavy atom. The monoisotopic (exact) mass is 300 g/mol. The molecular weight excluding hydrogens is 292 g/mol. The standard InChI is InChI=1S/C15H9BrO2/c16-8-10-3-1-2-9-6-12-13(7-11(9)10)15(18)5-4-14(12)17/h1-7H,8H2. The van der Waals surface area contributed by atoms with E-state index in [2.05, 4.69) is 15.9 Å². The van der Waals surface area contributed by atoms with Crippen LogP contribution in [0.5, 0.6) is 0 Å². The first kappa shape index (κ1) is 11.4. The number of benzene rings is 2. The molecule has 0 fully saturated rings. The second-order valence-corrected chi connectivity index (χ2v) is 4.79. The van der Waals surface area contributed by atoms with Crippen molar-refractivity contribution < 1.29 is 9.59 Å². The van der Waals surface area contributed by atoms with Crippen molar-refractivity contribution in [3.05, 3.63) is 59.2 Å². The summed E-state index contributed by atoms with van der Waals surface area (Å²) in [6, 6.07) is 9.55. The van der Waals surface area contributed by atoms with E-state index in [1.54, 1.807) is 6.07 Å². The SMILES string of the molecule is O=C1C=CC(=O)c2cc3c(CBr)cccc3cc21. The zero-order valence-electron chi connectivity index (χ0n) is 9.44. The van der Waals surface area contributed by atoms with Crippen molar-refractivity contribution in [3.8, 4) is 0 Å². The molecule has 2 aromatic carbocycles. The van der Waals surface area contributed by atoms with Crippen molar-refractivity contribution in [2.75, 3.05) is 0 Å². The number of rotatable bonds is 1. The molecule has 0 amide bonds. The van der Waals surface area contributed by atoms with Gasteiger partial charge in [-0.15, -0.1) is 0 Å². The highest BCUT2D eigenvalue weighted by Crippen LogP contribution is 2.27. The molecule has 0 aromatic heterocycles. The number of allylic oxidation sites excluding steroid dienone is 2. The van der Waals surface area contributed by atoms with Crippen LogP contribution in [0.15, 0.2) is 42.5 Å². The number of hydrogen-bond acceptors (Lipinski definition) is 2. The maximum Gasteiger partial charge on any atom is 0.186 e. The van der Waals surface area contributed by atoms with Crippen molar-refractivity contribution in [2.24, 2.45) is 0 Å². The lowest BCUT2D eigenvalue weighted by Crippen LogP contribution is -2.11. The first-order valence-electron chi connectivity index (χ1n) is 5.59. The summed E-state index contributed by atoms with van der Waals surface area (Å²) in [5.41, 5.74) is 2.12. The lowest BCUT2D eigenvalue weighted by Gasteiger charge is -2.12. The second kappa shape index (κ2) is 4.18. The van der Waals surface area contributed by atoms with Crippen LogP contribution < -0.4 is 0 Å². The summed E-state index contributed by atoms with van der Waals surface area (Å²) in [5, 5.41) is 2.73. The van der Waals surface area contributed by atoms with Gasteiger partial charge in [0.15, 0.2) is 11.6 Å². The molecule has 0 unspecified atom stereocenters. The number of alkyl halides is 1. The van der Waals surface area contributed by atoms with Gasteiger partial charge in [0.05, 0.1) is 0 Å². The Balaban J connectivity index is 2.38. The van der Waals surface area contributed by atoms with E-state index < -0.39 is 0 Å². The van der Waals surface area contributed by atoms with Crippen LogP contribution in [0.3, 0.4) is 0 Å². The highest BCUT2D eigenvalue weighted by molar-refractivity contribution is 9.08. The van der Waals surface area contributed by atoms with Gasteiger partial charge in [0, 0.05) is 16.5 Å². The fourth-order valence-corrected chi connectivity index (χ4v) is 2.73. The van der Waals surface area contributed by atoms with Gasteiger partial charge in [0.25, 0.3) is 0 Å². The largest absolute Gasteiger partial charge is 0.289 e. The number of hydrogen-bond donors (Lipinski definition) is 0. The Kier molecular flexibility index (Phi) is 2.63. The van der Waals surface area contributed by atoms with Crippen LogP contribution in [0.4, 0.5) is 0 Å². The topological polar surface area (TPSA) is 34.1 Å². The third kappa shape index (κ3) is 1.63. The highest BCUT2D eigenvalue weighted by atomic mass is 79.9. The van der Waals surface area contributed by atoms with E-state index in [0.717, 1.165) is 21.7 Å². The van der Waals surface area contributed by atoms with Crippen LogP contribution in [0.1, 0.15) is 26.3 Å². The molecule has 0 atom stereocenters. The van der Waals surface area contributed by atoms with E-state index in [1.165, 1.54) is 12.2 Å². The summed E-state index contributed by atoms with van der Waals surface area (Å²) >= 11 is 3.44. The summed E-state index contributed by atoms with van der Waals surface area (Å²) in [6.45, 7) is 0. The molecule has 0 radical (unpaired) electrons.